The van der Waals surface area contributed by atoms with Gasteiger partial charge in [0.05, 0.1) is 42.9 Å². The maximum absolute atomic E-state index is 14.2. The van der Waals surface area contributed by atoms with E-state index in [9.17, 15) is 29.2 Å². The van der Waals surface area contributed by atoms with E-state index >= 15 is 0 Å². The summed E-state index contributed by atoms with van der Waals surface area (Å²) in [5.74, 6) is 0.00920. The van der Waals surface area contributed by atoms with Crippen LogP contribution in [0, 0.1) is 11.3 Å². The molecule has 3 N–H and O–H groups in total. The molecule has 1 unspecified atom stereocenters. The molecule has 5 aliphatic rings. The number of carbonyl (C=O) groups is 5. The summed E-state index contributed by atoms with van der Waals surface area (Å²) in [6.45, 7) is 8.08. The van der Waals surface area contributed by atoms with Crippen LogP contribution >= 0.6 is 11.6 Å². The number of nitriles is 1. The molecule has 19 nitrogen and oxygen atoms in total. The number of anilines is 3. The van der Waals surface area contributed by atoms with Gasteiger partial charge in [0, 0.05) is 103 Å². The predicted octanol–water partition coefficient (Wildman–Crippen LogP) is 5.98. The number of methoxy groups -OCH3 is 1. The average Bonchev–Trinajstić information content (AvgIpc) is 3.98. The van der Waals surface area contributed by atoms with Crippen molar-refractivity contribution >= 4 is 69.2 Å². The van der Waals surface area contributed by atoms with Crippen molar-refractivity contribution in [3.8, 4) is 23.6 Å². The minimum atomic E-state index is -0.724. The van der Waals surface area contributed by atoms with Crippen LogP contribution in [0.3, 0.4) is 0 Å². The molecule has 388 valence electrons. The SMILES string of the molecule is C=C(COc1cc(NC(=O)NCc2ccc3c(c2)CN(C2CCC(=O)NC2=O)C3=O)cc(OC)c1)C(=O)N1CCN(c2nc(OC[C@@H]3CCCN3C)nc3c2CCN(c2cccc4cccc(Cl)c24)C3)C[C@@H]1CC#N. The van der Waals surface area contributed by atoms with Crippen LogP contribution in [0.2, 0.25) is 5.02 Å². The number of amides is 6. The Bertz CT molecular complexity index is 3140. The highest BCUT2D eigenvalue weighted by Gasteiger charge is 2.40. The van der Waals surface area contributed by atoms with E-state index in [1.807, 2.05) is 24.3 Å². The van der Waals surface area contributed by atoms with Gasteiger partial charge in [-0.3, -0.25) is 24.5 Å². The van der Waals surface area contributed by atoms with E-state index in [4.69, 9.17) is 35.8 Å². The lowest BCUT2D eigenvalue weighted by molar-refractivity contribution is -0.137. The van der Waals surface area contributed by atoms with Gasteiger partial charge in [-0.25, -0.2) is 4.79 Å². The molecule has 10 rings (SSSR count). The molecular weight excluding hydrogens is 978 g/mol. The van der Waals surface area contributed by atoms with Crippen LogP contribution in [0.1, 0.15) is 64.8 Å². The summed E-state index contributed by atoms with van der Waals surface area (Å²) >= 11 is 6.79. The van der Waals surface area contributed by atoms with E-state index in [0.717, 1.165) is 64.0 Å². The number of carbonyl (C=O) groups excluding carboxylic acids is 5. The molecule has 0 radical (unpaired) electrons. The van der Waals surface area contributed by atoms with Crippen molar-refractivity contribution in [3.05, 3.63) is 118 Å². The Balaban J connectivity index is 0.777. The molecule has 75 heavy (non-hydrogen) atoms. The van der Waals surface area contributed by atoms with Crippen molar-refractivity contribution in [1.29, 1.82) is 5.26 Å². The number of hydrogen-bond donors (Lipinski definition) is 3. The number of likely N-dealkylation sites (tertiary alicyclic amines) is 1. The third-order valence-corrected chi connectivity index (χ3v) is 15.1. The standard InChI is InChI=1S/C55H58ClN11O8/c1-33(31-74-41-25-37(24-40(26-41)73-3)59-54(72)58-27-34-12-13-42-36(23-34)28-67(53(42)71)47-14-15-48(68)61-51(47)69)52(70)66-22-21-65(29-38(66)16-18-57)50-43-17-20-64(46-11-5-8-35-7-4-10-44(56)49(35)46)30-45(43)60-55(62-50)75-32-39-9-6-19-63(39)2/h4-5,7-8,10-13,23-26,38-39,47H,1,6,9,14-17,19-22,27-32H2,2-3H3,(H2,58,59,72)(H,61,68,69)/t38-,39-,47?/m0/s1. The maximum atomic E-state index is 14.2. The zero-order valence-electron chi connectivity index (χ0n) is 41.9. The normalized spacial score (nSPS) is 19.5. The quantitative estimate of drug-likeness (QED) is 0.0814. The molecule has 0 spiro atoms. The fourth-order valence-electron chi connectivity index (χ4n) is 10.8. The highest BCUT2D eigenvalue weighted by Crippen LogP contribution is 2.38. The van der Waals surface area contributed by atoms with Crippen LogP contribution in [0.4, 0.5) is 22.0 Å². The Labute approximate surface area is 439 Å². The van der Waals surface area contributed by atoms with E-state index in [-0.39, 0.29) is 68.3 Å². The number of aromatic nitrogens is 2. The third-order valence-electron chi connectivity index (χ3n) is 14.8. The summed E-state index contributed by atoms with van der Waals surface area (Å²) in [7, 11) is 3.59. The first-order valence-electron chi connectivity index (χ1n) is 25.2. The molecule has 1 aromatic heterocycles. The number of imide groups is 1. The molecule has 6 amide bonds. The van der Waals surface area contributed by atoms with Crippen LogP contribution < -0.4 is 40.0 Å². The number of nitrogens with zero attached hydrogens (tertiary/aromatic N) is 8. The molecule has 3 atom stereocenters. The minimum absolute atomic E-state index is 0.0823. The van der Waals surface area contributed by atoms with Gasteiger partial charge < -0.3 is 49.3 Å². The molecule has 5 aliphatic heterocycles. The Morgan fingerprint density at radius 2 is 1.75 bits per heavy atom. The number of likely N-dealkylation sites (N-methyl/N-ethyl adjacent to an activating group) is 1. The molecule has 5 aromatic rings. The molecule has 0 aliphatic carbocycles. The molecule has 6 heterocycles. The number of hydrogen-bond acceptors (Lipinski definition) is 14. The Morgan fingerprint density at radius 3 is 2.53 bits per heavy atom. The number of piperidine rings is 1. The summed E-state index contributed by atoms with van der Waals surface area (Å²) in [6.07, 6.45) is 3.31. The van der Waals surface area contributed by atoms with Gasteiger partial charge in [0.2, 0.25) is 11.8 Å². The lowest BCUT2D eigenvalue weighted by Gasteiger charge is -2.42. The zero-order chi connectivity index (χ0) is 52.3. The molecule has 20 heteroatoms. The largest absolute Gasteiger partial charge is 0.497 e. The van der Waals surface area contributed by atoms with E-state index < -0.39 is 24.0 Å². The second-order valence-corrected chi connectivity index (χ2v) is 20.0. The first-order chi connectivity index (χ1) is 36.3. The van der Waals surface area contributed by atoms with Crippen molar-refractivity contribution in [1.82, 2.24) is 35.3 Å². The van der Waals surface area contributed by atoms with Crippen LogP contribution in [-0.4, -0.2) is 133 Å². The summed E-state index contributed by atoms with van der Waals surface area (Å²) in [4.78, 5) is 84.7. The molecule has 0 saturated carbocycles. The van der Waals surface area contributed by atoms with Gasteiger partial charge in [0.25, 0.3) is 11.8 Å². The number of rotatable bonds is 15. The Morgan fingerprint density at radius 1 is 0.920 bits per heavy atom. The van der Waals surface area contributed by atoms with Crippen LogP contribution in [0.25, 0.3) is 10.8 Å². The third kappa shape index (κ3) is 10.8. The average molecular weight is 1040 g/mol. The van der Waals surface area contributed by atoms with Crippen LogP contribution in [0.15, 0.2) is 84.9 Å². The topological polar surface area (TPSA) is 215 Å². The van der Waals surface area contributed by atoms with Gasteiger partial charge in [-0.1, -0.05) is 54.6 Å². The highest BCUT2D eigenvalue weighted by molar-refractivity contribution is 6.36. The van der Waals surface area contributed by atoms with Crippen molar-refractivity contribution in [2.24, 2.45) is 0 Å². The maximum Gasteiger partial charge on any atom is 0.319 e. The van der Waals surface area contributed by atoms with Crippen LogP contribution in [-0.2, 0) is 40.4 Å². The summed E-state index contributed by atoms with van der Waals surface area (Å²) < 4.78 is 18.0. The molecule has 0 bridgehead atoms. The molecule has 3 fully saturated rings. The molecule has 4 aromatic carbocycles. The highest BCUT2D eigenvalue weighted by atomic mass is 35.5. The molecular formula is C55H58ClN11O8. The van der Waals surface area contributed by atoms with Crippen molar-refractivity contribution < 1.29 is 38.2 Å². The number of benzene rings is 4. The van der Waals surface area contributed by atoms with E-state index in [1.54, 1.807) is 35.2 Å². The van der Waals surface area contributed by atoms with E-state index in [2.05, 4.69) is 68.5 Å². The summed E-state index contributed by atoms with van der Waals surface area (Å²) in [5.41, 5.74) is 5.39. The van der Waals surface area contributed by atoms with Crippen LogP contribution in [0.5, 0.6) is 17.5 Å². The summed E-state index contributed by atoms with van der Waals surface area (Å²) in [5, 5.41) is 20.8. The fourth-order valence-corrected chi connectivity index (χ4v) is 11.1. The van der Waals surface area contributed by atoms with Crippen molar-refractivity contribution in [2.75, 3.05) is 75.2 Å². The number of urea groups is 1. The van der Waals surface area contributed by atoms with Crippen molar-refractivity contribution in [3.63, 3.8) is 0 Å². The predicted molar refractivity (Wildman–Crippen MR) is 281 cm³/mol. The Hall–Kier alpha value is -7.95. The zero-order valence-corrected chi connectivity index (χ0v) is 42.7. The van der Waals surface area contributed by atoms with Crippen molar-refractivity contribution in [2.45, 2.75) is 76.3 Å². The minimum Gasteiger partial charge on any atom is -0.497 e. The van der Waals surface area contributed by atoms with E-state index in [1.165, 1.54) is 12.0 Å². The Kier molecular flexibility index (Phi) is 14.7. The second-order valence-electron chi connectivity index (χ2n) is 19.6. The fraction of sp³-hybridized carbons (Fsp3) is 0.382. The lowest BCUT2D eigenvalue weighted by Crippen LogP contribution is -2.56. The van der Waals surface area contributed by atoms with E-state index in [0.29, 0.717) is 79.5 Å². The second kappa shape index (κ2) is 21.9. The van der Waals surface area contributed by atoms with Gasteiger partial charge in [-0.05, 0) is 74.0 Å². The molecule has 3 saturated heterocycles. The lowest BCUT2D eigenvalue weighted by atomic mass is 10.0. The van der Waals surface area contributed by atoms with Gasteiger partial charge in [0.1, 0.15) is 36.6 Å². The number of halogens is 1. The smallest absolute Gasteiger partial charge is 0.319 e. The number of fused-ring (bicyclic) bond motifs is 3. The summed E-state index contributed by atoms with van der Waals surface area (Å²) in [6, 6.07) is 23.4. The monoisotopic (exact) mass is 1040 g/mol. The first kappa shape index (κ1) is 50.6. The number of ether oxygens (including phenoxy) is 3. The van der Waals surface area contributed by atoms with Gasteiger partial charge in [-0.15, -0.1) is 0 Å². The van der Waals surface area contributed by atoms with Gasteiger partial charge in [0.15, 0.2) is 0 Å². The van der Waals surface area contributed by atoms with Gasteiger partial charge >= 0.3 is 12.0 Å². The first-order valence-corrected chi connectivity index (χ1v) is 25.6. The number of nitrogens with one attached hydrogen (secondary N) is 3. The number of piperazine rings is 1. The van der Waals surface area contributed by atoms with Gasteiger partial charge in [-0.2, -0.15) is 15.2 Å².